The molecule has 0 radical (unpaired) electrons. The maximum Gasteiger partial charge on any atom is 0.139 e. The molecule has 0 saturated carbocycles. The number of H-pyrrole nitrogens is 1. The van der Waals surface area contributed by atoms with E-state index < -0.39 is 6.17 Å². The largest absolute Gasteiger partial charge is 0.397 e. The van der Waals surface area contributed by atoms with E-state index in [9.17, 15) is 4.39 Å². The fourth-order valence-electron chi connectivity index (χ4n) is 1.38. The van der Waals surface area contributed by atoms with Crippen LogP contribution in [0.15, 0.2) is 18.2 Å². The van der Waals surface area contributed by atoms with E-state index in [1.54, 1.807) is 18.2 Å². The zero-order valence-corrected chi connectivity index (χ0v) is 7.21. The van der Waals surface area contributed by atoms with Gasteiger partial charge in [0, 0.05) is 5.39 Å². The summed E-state index contributed by atoms with van der Waals surface area (Å²) < 4.78 is 13.0. The first kappa shape index (κ1) is 8.04. The van der Waals surface area contributed by atoms with Crippen LogP contribution in [-0.2, 0) is 0 Å². The van der Waals surface area contributed by atoms with Crippen molar-refractivity contribution in [1.29, 1.82) is 0 Å². The number of benzene rings is 1. The third-order valence-corrected chi connectivity index (χ3v) is 2.04. The number of anilines is 1. The van der Waals surface area contributed by atoms with E-state index >= 15 is 0 Å². The fourth-order valence-corrected chi connectivity index (χ4v) is 1.38. The van der Waals surface area contributed by atoms with Gasteiger partial charge in [-0.15, -0.1) is 0 Å². The third kappa shape index (κ3) is 1.14. The maximum atomic E-state index is 13.0. The number of para-hydroxylation sites is 1. The minimum Gasteiger partial charge on any atom is -0.397 e. The number of alkyl halides is 1. The number of hydrogen-bond acceptors (Lipinski definition) is 2. The van der Waals surface area contributed by atoms with Crippen LogP contribution in [0.5, 0.6) is 0 Å². The first-order valence-corrected chi connectivity index (χ1v) is 4.06. The molecule has 3 N–H and O–H groups in total. The second-order valence-electron chi connectivity index (χ2n) is 3.00. The number of nitrogens with two attached hydrogens (primary N) is 1. The van der Waals surface area contributed by atoms with Crippen LogP contribution in [0, 0.1) is 0 Å². The Balaban J connectivity index is 2.75. The minimum absolute atomic E-state index is 0.488. The Bertz CT molecular complexity index is 433. The Morgan fingerprint density at radius 3 is 3.00 bits per heavy atom. The van der Waals surface area contributed by atoms with E-state index in [0.29, 0.717) is 16.9 Å². The van der Waals surface area contributed by atoms with Gasteiger partial charge in [-0.25, -0.2) is 4.39 Å². The van der Waals surface area contributed by atoms with Crippen LogP contribution in [-0.4, -0.2) is 10.2 Å². The predicted octanol–water partition coefficient (Wildman–Crippen LogP) is 2.18. The van der Waals surface area contributed by atoms with Crippen LogP contribution < -0.4 is 5.73 Å². The molecule has 0 fully saturated rings. The topological polar surface area (TPSA) is 54.7 Å². The van der Waals surface area contributed by atoms with Gasteiger partial charge in [-0.1, -0.05) is 12.1 Å². The van der Waals surface area contributed by atoms with Crippen LogP contribution >= 0.6 is 0 Å². The number of halogens is 1. The van der Waals surface area contributed by atoms with Gasteiger partial charge in [-0.2, -0.15) is 5.10 Å². The molecule has 1 aromatic carbocycles. The number of hydrogen-bond donors (Lipinski definition) is 2. The third-order valence-electron chi connectivity index (χ3n) is 2.04. The lowest BCUT2D eigenvalue weighted by molar-refractivity contribution is 0.367. The molecule has 0 spiro atoms. The highest BCUT2D eigenvalue weighted by atomic mass is 19.1. The molecule has 0 saturated heterocycles. The van der Waals surface area contributed by atoms with Crippen LogP contribution in [0.3, 0.4) is 0 Å². The summed E-state index contributed by atoms with van der Waals surface area (Å²) in [5, 5.41) is 7.36. The molecule has 0 aliphatic heterocycles. The van der Waals surface area contributed by atoms with E-state index in [-0.39, 0.29) is 0 Å². The molecule has 3 nitrogen and oxygen atoms in total. The van der Waals surface area contributed by atoms with Crippen LogP contribution in [0.25, 0.3) is 10.9 Å². The van der Waals surface area contributed by atoms with Gasteiger partial charge >= 0.3 is 0 Å². The van der Waals surface area contributed by atoms with Gasteiger partial charge in [0.05, 0.1) is 11.4 Å². The standard InChI is InChI=1S/C9H10FN3/c1-5(10)8-6-3-2-4-7(11)9(6)13-12-8/h2-5H,11H2,1H3,(H,12,13). The quantitative estimate of drug-likeness (QED) is 0.659. The molecule has 0 amide bonds. The molecule has 1 heterocycles. The van der Waals surface area contributed by atoms with Crippen LogP contribution in [0.4, 0.5) is 10.1 Å². The Labute approximate surface area is 74.7 Å². The Hall–Kier alpha value is -1.58. The van der Waals surface area contributed by atoms with Gasteiger partial charge in [0.25, 0.3) is 0 Å². The van der Waals surface area contributed by atoms with Crippen molar-refractivity contribution in [2.45, 2.75) is 13.1 Å². The lowest BCUT2D eigenvalue weighted by Crippen LogP contribution is -1.86. The Kier molecular flexibility index (Phi) is 1.69. The average Bonchev–Trinajstić information content (AvgIpc) is 2.48. The zero-order chi connectivity index (χ0) is 9.42. The highest BCUT2D eigenvalue weighted by Gasteiger charge is 2.11. The molecule has 1 unspecified atom stereocenters. The second-order valence-corrected chi connectivity index (χ2v) is 3.00. The number of nitrogen functional groups attached to an aromatic ring is 1. The first-order chi connectivity index (χ1) is 6.20. The molecule has 1 aromatic heterocycles. The molecule has 0 aliphatic carbocycles. The predicted molar refractivity (Wildman–Crippen MR) is 50.0 cm³/mol. The monoisotopic (exact) mass is 179 g/mol. The van der Waals surface area contributed by atoms with Gasteiger partial charge in [0.2, 0.25) is 0 Å². The van der Waals surface area contributed by atoms with Crippen molar-refractivity contribution in [3.63, 3.8) is 0 Å². The number of fused-ring (bicyclic) bond motifs is 1. The maximum absolute atomic E-state index is 13.0. The normalized spacial score (nSPS) is 13.4. The molecule has 68 valence electrons. The van der Waals surface area contributed by atoms with E-state index in [2.05, 4.69) is 10.2 Å². The summed E-state index contributed by atoms with van der Waals surface area (Å²) in [5.41, 5.74) is 7.36. The molecule has 4 heteroatoms. The van der Waals surface area contributed by atoms with Crippen LogP contribution in [0.2, 0.25) is 0 Å². The van der Waals surface area contributed by atoms with Gasteiger partial charge in [-0.05, 0) is 13.0 Å². The molecule has 1 atom stereocenters. The Morgan fingerprint density at radius 1 is 1.54 bits per heavy atom. The summed E-state index contributed by atoms with van der Waals surface area (Å²) in [6.07, 6.45) is -1.05. The van der Waals surface area contributed by atoms with Gasteiger partial charge in [0.1, 0.15) is 11.7 Å². The molecule has 2 aromatic rings. The highest BCUT2D eigenvalue weighted by molar-refractivity contribution is 5.91. The summed E-state index contributed by atoms with van der Waals surface area (Å²) in [6, 6.07) is 5.34. The Morgan fingerprint density at radius 2 is 2.31 bits per heavy atom. The van der Waals surface area contributed by atoms with Crippen molar-refractivity contribution in [3.05, 3.63) is 23.9 Å². The number of rotatable bonds is 1. The SMILES string of the molecule is CC(F)c1[nH]nc2c(N)cccc12. The van der Waals surface area contributed by atoms with Gasteiger partial charge in [-0.3, -0.25) is 5.10 Å². The minimum atomic E-state index is -1.05. The van der Waals surface area contributed by atoms with Crippen molar-refractivity contribution in [2.75, 3.05) is 5.73 Å². The summed E-state index contributed by atoms with van der Waals surface area (Å²) in [7, 11) is 0. The summed E-state index contributed by atoms with van der Waals surface area (Å²) in [6.45, 7) is 1.47. The van der Waals surface area contributed by atoms with Crippen molar-refractivity contribution >= 4 is 16.6 Å². The van der Waals surface area contributed by atoms with E-state index in [4.69, 9.17) is 5.73 Å². The highest BCUT2D eigenvalue weighted by Crippen LogP contribution is 2.26. The molecule has 0 aliphatic rings. The number of nitrogens with one attached hydrogen (secondary N) is 1. The van der Waals surface area contributed by atoms with E-state index in [1.807, 2.05) is 0 Å². The second kappa shape index (κ2) is 2.73. The van der Waals surface area contributed by atoms with Gasteiger partial charge < -0.3 is 5.73 Å². The number of aromatic amines is 1. The molecule has 0 bridgehead atoms. The number of aromatic nitrogens is 2. The van der Waals surface area contributed by atoms with Crippen LogP contribution in [0.1, 0.15) is 18.8 Å². The molecule has 2 rings (SSSR count). The van der Waals surface area contributed by atoms with Crippen molar-refractivity contribution in [2.24, 2.45) is 0 Å². The van der Waals surface area contributed by atoms with E-state index in [0.717, 1.165) is 5.39 Å². The lowest BCUT2D eigenvalue weighted by atomic mass is 10.1. The molecular formula is C9H10FN3. The van der Waals surface area contributed by atoms with Gasteiger partial charge in [0.15, 0.2) is 0 Å². The van der Waals surface area contributed by atoms with Crippen molar-refractivity contribution in [1.82, 2.24) is 10.2 Å². The summed E-state index contributed by atoms with van der Waals surface area (Å²) >= 11 is 0. The van der Waals surface area contributed by atoms with Crippen molar-refractivity contribution < 1.29 is 4.39 Å². The summed E-state index contributed by atoms with van der Waals surface area (Å²) in [4.78, 5) is 0. The molecular weight excluding hydrogens is 169 g/mol. The lowest BCUT2D eigenvalue weighted by Gasteiger charge is -1.98. The smallest absolute Gasteiger partial charge is 0.139 e. The number of nitrogens with zero attached hydrogens (tertiary/aromatic N) is 1. The fraction of sp³-hybridized carbons (Fsp3) is 0.222. The molecule has 13 heavy (non-hydrogen) atoms. The first-order valence-electron chi connectivity index (χ1n) is 4.06. The zero-order valence-electron chi connectivity index (χ0n) is 7.21. The average molecular weight is 179 g/mol. The van der Waals surface area contributed by atoms with E-state index in [1.165, 1.54) is 6.92 Å². The van der Waals surface area contributed by atoms with Crippen molar-refractivity contribution in [3.8, 4) is 0 Å². The summed E-state index contributed by atoms with van der Waals surface area (Å²) in [5.74, 6) is 0.